The van der Waals surface area contributed by atoms with E-state index in [1.165, 1.54) is 0 Å². The molecule has 2 atom stereocenters. The Kier molecular flexibility index (Phi) is 42.8. The number of aliphatic hydroxyl groups is 1. The van der Waals surface area contributed by atoms with Crippen LogP contribution < -0.4 is 27.0 Å². The van der Waals surface area contributed by atoms with Gasteiger partial charge in [0.25, 0.3) is 0 Å². The minimum absolute atomic E-state index is 0. The minimum Gasteiger partial charge on any atom is -0.392 e. The van der Waals surface area contributed by atoms with Gasteiger partial charge >= 0.3 is 6.03 Å². The van der Waals surface area contributed by atoms with Crippen LogP contribution in [-0.4, -0.2) is 77.1 Å². The largest absolute Gasteiger partial charge is 0.392 e. The fourth-order valence-corrected chi connectivity index (χ4v) is 3.54. The molecule has 0 aliphatic heterocycles. The molecule has 8 N–H and O–H groups in total. The number of nitrogens with one attached hydrogen (secondary N) is 4. The number of urea groups is 1. The summed E-state index contributed by atoms with van der Waals surface area (Å²) < 4.78 is 0. The van der Waals surface area contributed by atoms with E-state index in [0.29, 0.717) is 43.5 Å². The van der Waals surface area contributed by atoms with Crippen LogP contribution in [0.4, 0.5) is 10.5 Å². The van der Waals surface area contributed by atoms with Gasteiger partial charge in [0.1, 0.15) is 17.9 Å². The predicted molar refractivity (Wildman–Crippen MR) is 190 cm³/mol. The molecule has 1 aromatic carbocycles. The summed E-state index contributed by atoms with van der Waals surface area (Å²) in [6, 6.07) is 4.32. The third-order valence-electron chi connectivity index (χ3n) is 5.76. The molecule has 5 amide bonds. The van der Waals surface area contributed by atoms with Crippen molar-refractivity contribution in [2.45, 2.75) is 126 Å². The monoisotopic (exact) mass is 759 g/mol. The van der Waals surface area contributed by atoms with Crippen molar-refractivity contribution in [2.24, 2.45) is 11.7 Å². The Bertz CT molecular complexity index is 964. The van der Waals surface area contributed by atoms with Crippen LogP contribution in [0.2, 0.25) is 0 Å². The molecule has 0 saturated heterocycles. The molecule has 0 fully saturated rings. The number of ketones is 1. The number of aliphatic hydroxyl groups excluding tert-OH is 1. The van der Waals surface area contributed by atoms with Gasteiger partial charge in [0.05, 0.1) is 6.61 Å². The first-order chi connectivity index (χ1) is 22.3. The number of hydrogen-bond donors (Lipinski definition) is 7. The summed E-state index contributed by atoms with van der Waals surface area (Å²) in [5, 5.41) is 29.5. The Hall–Kier alpha value is -2.45. The van der Waals surface area contributed by atoms with Gasteiger partial charge in [0.2, 0.25) is 17.7 Å². The van der Waals surface area contributed by atoms with Crippen molar-refractivity contribution in [3.63, 3.8) is 0 Å². The van der Waals surface area contributed by atoms with E-state index in [-0.39, 0.29) is 69.9 Å². The van der Waals surface area contributed by atoms with Crippen LogP contribution in [-0.2, 0) is 58.5 Å². The third kappa shape index (κ3) is 32.1. The van der Waals surface area contributed by atoms with Crippen molar-refractivity contribution in [1.82, 2.24) is 21.0 Å². The number of anilines is 1. The number of amides is 5. The molecule has 1 rings (SSSR count). The van der Waals surface area contributed by atoms with E-state index in [9.17, 15) is 24.0 Å². The second-order valence-electron chi connectivity index (χ2n) is 10.1. The third-order valence-corrected chi connectivity index (χ3v) is 5.76. The average Bonchev–Trinajstić information content (AvgIpc) is 3.04. The van der Waals surface area contributed by atoms with Gasteiger partial charge in [-0.05, 0) is 56.2 Å². The fraction of sp³-hybridized carbons (Fsp3) is 0.676. The number of hydrogen-bond acceptors (Lipinski definition) is 8. The second-order valence-corrected chi connectivity index (χ2v) is 10.1. The molecule has 13 nitrogen and oxygen atoms in total. The Balaban J connectivity index is -0.000000325. The summed E-state index contributed by atoms with van der Waals surface area (Å²) in [6.07, 6.45) is 2.92. The van der Waals surface area contributed by atoms with E-state index in [1.54, 1.807) is 38.2 Å². The molecule has 0 spiro atoms. The summed E-state index contributed by atoms with van der Waals surface area (Å²) >= 11 is 0. The van der Waals surface area contributed by atoms with Crippen LogP contribution in [0.15, 0.2) is 24.3 Å². The molecule has 277 valence electrons. The number of benzene rings is 1. The van der Waals surface area contributed by atoms with Gasteiger partial charge in [-0.2, -0.15) is 5.06 Å². The number of rotatable bonds is 17. The van der Waals surface area contributed by atoms with Crippen LogP contribution in [0.5, 0.6) is 0 Å². The molecular weight excluding hydrogens is 693 g/mol. The maximum Gasteiger partial charge on any atom is 0.312 e. The number of hydroxylamine groups is 2. The number of primary amides is 1. The van der Waals surface area contributed by atoms with Crippen molar-refractivity contribution in [3.05, 3.63) is 29.8 Å². The number of Topliss-reactive ketones (excluding diaryl/α,β-unsaturated/α-hetero) is 1. The van der Waals surface area contributed by atoms with Crippen LogP contribution in [0.25, 0.3) is 0 Å². The van der Waals surface area contributed by atoms with E-state index < -0.39 is 29.9 Å². The minimum atomic E-state index is -0.890. The zero-order valence-corrected chi connectivity index (χ0v) is 34.3. The maximum atomic E-state index is 12.9. The van der Waals surface area contributed by atoms with E-state index in [1.807, 2.05) is 62.3 Å². The second kappa shape index (κ2) is 37.4. The summed E-state index contributed by atoms with van der Waals surface area (Å²) in [7, 11) is 1.57. The van der Waals surface area contributed by atoms with E-state index >= 15 is 0 Å². The maximum absolute atomic E-state index is 12.9. The zero-order valence-electron chi connectivity index (χ0n) is 31.4. The van der Waals surface area contributed by atoms with E-state index in [0.717, 1.165) is 11.5 Å². The molecule has 0 heterocycles. The van der Waals surface area contributed by atoms with Gasteiger partial charge in [-0.3, -0.25) is 14.4 Å². The summed E-state index contributed by atoms with van der Waals surface area (Å²) in [6.45, 7) is 19.8. The Morgan fingerprint density at radius 3 is 1.83 bits per heavy atom. The van der Waals surface area contributed by atoms with Gasteiger partial charge in [0.15, 0.2) is 0 Å². The van der Waals surface area contributed by atoms with E-state index in [2.05, 4.69) is 21.3 Å². The molecule has 1 unspecified atom stereocenters. The molecule has 0 aliphatic rings. The number of carbonyl (C=O) groups excluding carboxylic acids is 5. The van der Waals surface area contributed by atoms with Gasteiger partial charge in [-0.25, -0.2) is 4.79 Å². The molecule has 48 heavy (non-hydrogen) atoms. The smallest absolute Gasteiger partial charge is 0.312 e. The predicted octanol–water partition coefficient (Wildman–Crippen LogP) is 4.74. The number of nitrogens with zero attached hydrogens (tertiary/aromatic N) is 1. The molecule has 0 aliphatic carbocycles. The normalized spacial score (nSPS) is 10.6. The first-order valence-electron chi connectivity index (χ1n) is 16.8. The quantitative estimate of drug-likeness (QED) is 0.0871. The Morgan fingerprint density at radius 2 is 1.42 bits per heavy atom. The molecule has 0 bridgehead atoms. The summed E-state index contributed by atoms with van der Waals surface area (Å²) in [4.78, 5) is 59.0. The van der Waals surface area contributed by atoms with Crippen molar-refractivity contribution >= 4 is 35.2 Å². The average molecular weight is 760 g/mol. The van der Waals surface area contributed by atoms with Gasteiger partial charge < -0.3 is 42.1 Å². The first-order valence-corrected chi connectivity index (χ1v) is 16.8. The zero-order chi connectivity index (χ0) is 37.4. The topological polar surface area (TPSA) is 203 Å². The van der Waals surface area contributed by atoms with Gasteiger partial charge in [0, 0.05) is 71.4 Å². The number of carbonyl (C=O) groups is 5. The van der Waals surface area contributed by atoms with Crippen molar-refractivity contribution in [1.29, 1.82) is 0 Å². The van der Waals surface area contributed by atoms with Crippen LogP contribution in [0.1, 0.15) is 113 Å². The van der Waals surface area contributed by atoms with Crippen molar-refractivity contribution in [3.8, 4) is 0 Å². The fourth-order valence-electron chi connectivity index (χ4n) is 3.54. The molecule has 0 aromatic heterocycles. The summed E-state index contributed by atoms with van der Waals surface area (Å²) in [5.74, 6) is -1.12. The van der Waals surface area contributed by atoms with Gasteiger partial charge in [-0.15, -0.1) is 0 Å². The Labute approximate surface area is 315 Å². The first kappa shape index (κ1) is 55.0. The number of nitrogens with two attached hydrogens (primary N) is 1. The van der Waals surface area contributed by atoms with Crippen molar-refractivity contribution < 1.29 is 67.0 Å². The van der Waals surface area contributed by atoms with Crippen LogP contribution in [0.3, 0.4) is 0 Å². The van der Waals surface area contributed by atoms with Crippen molar-refractivity contribution in [2.75, 3.05) is 25.5 Å². The molecule has 14 heteroatoms. The van der Waals surface area contributed by atoms with Crippen LogP contribution in [0, 0.1) is 5.92 Å². The van der Waals surface area contributed by atoms with Crippen LogP contribution >= 0.6 is 0 Å². The summed E-state index contributed by atoms with van der Waals surface area (Å²) in [5.41, 5.74) is 6.28. The SMILES string of the molecule is CC.CC.CC.CC(=O)CCCN(C)O.CCCC(=O)NC(C(=O)N[C@@H](CCCNC(N)=O)C(=O)Nc1ccc(CO)cc1)C(C)C.[Y]. The standard InChI is InChI=1S/C22H35N5O5.C6H13NO2.3C2H6.Y/c1-4-6-18(29)27-19(14(2)3)21(31)26-17(7-5-12-24-22(23)32)20(30)25-16-10-8-15(13-28)9-11-16;1-6(8)4-3-5-7(2)9;3*1-2;/h8-11,14,17,19,28H,4-7,12-13H2,1-3H3,(H,25,30)(H,26,31)(H,27,29)(H3,23,24,32);9H,3-5H2,1-2H3;3*1-2H3;/t17-,19?;;;;;/m0...../s1. The molecular formula is C34H66N6O7Y. The Morgan fingerprint density at radius 1 is 0.875 bits per heavy atom. The molecule has 0 saturated carbocycles. The molecule has 1 radical (unpaired) electrons. The van der Waals surface area contributed by atoms with Gasteiger partial charge in [-0.1, -0.05) is 74.4 Å². The van der Waals surface area contributed by atoms with E-state index in [4.69, 9.17) is 16.0 Å². The molecule has 1 aromatic rings.